The zero-order valence-electron chi connectivity index (χ0n) is 31.0. The molecule has 0 heterocycles. The van der Waals surface area contributed by atoms with Crippen LogP contribution in [0.15, 0.2) is 194 Å². The SMILES string of the molecule is CC1(C)c2ccccc2-c2c1cc(-c1ccc(-c3c4ccccc4c(-c4cc(-c5ccccc5)cc5ccccc45)c4ccccc34)cc1)c1ccccc21. The van der Waals surface area contributed by atoms with Crippen LogP contribution in [0.1, 0.15) is 25.0 Å². The Kier molecular flexibility index (Phi) is 7.00. The Hall–Kier alpha value is -6.76. The van der Waals surface area contributed by atoms with E-state index in [0.717, 1.165) is 0 Å². The van der Waals surface area contributed by atoms with Crippen molar-refractivity contribution in [3.05, 3.63) is 205 Å². The van der Waals surface area contributed by atoms with Crippen LogP contribution in [0.25, 0.3) is 98.7 Å². The summed E-state index contributed by atoms with van der Waals surface area (Å²) < 4.78 is 0. The lowest BCUT2D eigenvalue weighted by Gasteiger charge is -2.23. The van der Waals surface area contributed by atoms with E-state index in [9.17, 15) is 0 Å². The maximum Gasteiger partial charge on any atom is 0.0159 e. The lowest BCUT2D eigenvalue weighted by molar-refractivity contribution is 0.661. The second-order valence-electron chi connectivity index (χ2n) is 15.6. The fraction of sp³-hybridized carbons (Fsp3) is 0.0545. The quantitative estimate of drug-likeness (QED) is 0.161. The predicted octanol–water partition coefficient (Wildman–Crippen LogP) is 15.3. The van der Waals surface area contributed by atoms with Crippen LogP contribution >= 0.6 is 0 Å². The van der Waals surface area contributed by atoms with Crippen molar-refractivity contribution in [2.75, 3.05) is 0 Å². The molecule has 0 aromatic heterocycles. The molecule has 0 unspecified atom stereocenters. The van der Waals surface area contributed by atoms with Gasteiger partial charge in [0.25, 0.3) is 0 Å². The summed E-state index contributed by atoms with van der Waals surface area (Å²) >= 11 is 0. The van der Waals surface area contributed by atoms with E-state index < -0.39 is 0 Å². The van der Waals surface area contributed by atoms with Crippen LogP contribution in [-0.2, 0) is 5.41 Å². The first-order valence-corrected chi connectivity index (χ1v) is 19.4. The molecule has 0 spiro atoms. The summed E-state index contributed by atoms with van der Waals surface area (Å²) in [5.74, 6) is 0. The summed E-state index contributed by atoms with van der Waals surface area (Å²) in [6.45, 7) is 4.75. The molecule has 1 aliphatic carbocycles. The predicted molar refractivity (Wildman–Crippen MR) is 236 cm³/mol. The van der Waals surface area contributed by atoms with Crippen LogP contribution in [0.3, 0.4) is 0 Å². The average molecular weight is 699 g/mol. The molecule has 0 bridgehead atoms. The van der Waals surface area contributed by atoms with E-state index in [1.54, 1.807) is 0 Å². The summed E-state index contributed by atoms with van der Waals surface area (Å²) in [4.78, 5) is 0. The maximum atomic E-state index is 2.47. The Bertz CT molecular complexity index is 3090. The Morgan fingerprint density at radius 1 is 0.273 bits per heavy atom. The molecule has 0 N–H and O–H groups in total. The van der Waals surface area contributed by atoms with E-state index in [1.807, 2.05) is 0 Å². The fourth-order valence-electron chi connectivity index (χ4n) is 9.65. The molecule has 0 saturated heterocycles. The van der Waals surface area contributed by atoms with Gasteiger partial charge >= 0.3 is 0 Å². The molecule has 0 heteroatoms. The molecule has 10 aromatic carbocycles. The van der Waals surface area contributed by atoms with Gasteiger partial charge in [-0.25, -0.2) is 0 Å². The number of hydrogen-bond acceptors (Lipinski definition) is 0. The molecule has 11 rings (SSSR count). The maximum absolute atomic E-state index is 2.47. The van der Waals surface area contributed by atoms with Crippen molar-refractivity contribution in [2.45, 2.75) is 19.3 Å². The minimum Gasteiger partial charge on any atom is -0.0622 e. The van der Waals surface area contributed by atoms with Crippen LogP contribution in [-0.4, -0.2) is 0 Å². The largest absolute Gasteiger partial charge is 0.0622 e. The highest BCUT2D eigenvalue weighted by Gasteiger charge is 2.37. The second-order valence-corrected chi connectivity index (χ2v) is 15.6. The number of rotatable bonds is 4. The van der Waals surface area contributed by atoms with E-state index in [0.29, 0.717) is 0 Å². The van der Waals surface area contributed by atoms with E-state index in [-0.39, 0.29) is 5.41 Å². The standard InChI is InChI=1S/C55H38/c1-55(2)50-27-15-14-26-47(50)54-42-21-9-8-20-41(42)48(34-51(54)55)36-28-30-37(31-29-36)52-43-22-10-12-24-45(43)53(46-25-13-11-23-44(46)52)49-33-39(35-16-4-3-5-17-35)32-38-18-6-7-19-40(38)49/h3-34H,1-2H3. The van der Waals surface area contributed by atoms with Crippen LogP contribution < -0.4 is 0 Å². The summed E-state index contributed by atoms with van der Waals surface area (Å²) in [6.07, 6.45) is 0. The van der Waals surface area contributed by atoms with Gasteiger partial charge in [-0.15, -0.1) is 0 Å². The molecule has 258 valence electrons. The van der Waals surface area contributed by atoms with Gasteiger partial charge in [-0.3, -0.25) is 0 Å². The first-order chi connectivity index (χ1) is 27.1. The van der Waals surface area contributed by atoms with E-state index >= 15 is 0 Å². The van der Waals surface area contributed by atoms with E-state index in [2.05, 4.69) is 208 Å². The topological polar surface area (TPSA) is 0 Å². The van der Waals surface area contributed by atoms with Crippen LogP contribution in [0.4, 0.5) is 0 Å². The highest BCUT2D eigenvalue weighted by molar-refractivity contribution is 6.24. The minimum atomic E-state index is -0.0732. The van der Waals surface area contributed by atoms with Crippen molar-refractivity contribution in [2.24, 2.45) is 0 Å². The third kappa shape index (κ3) is 4.78. The zero-order valence-corrected chi connectivity index (χ0v) is 31.0. The Balaban J connectivity index is 1.12. The molecule has 0 saturated carbocycles. The third-order valence-electron chi connectivity index (χ3n) is 12.2. The molecule has 0 radical (unpaired) electrons. The Morgan fingerprint density at radius 3 is 1.45 bits per heavy atom. The molecular formula is C55H38. The van der Waals surface area contributed by atoms with Crippen molar-refractivity contribution in [1.82, 2.24) is 0 Å². The Labute approximate surface area is 322 Å². The number of hydrogen-bond donors (Lipinski definition) is 0. The van der Waals surface area contributed by atoms with Crippen molar-refractivity contribution >= 4 is 43.1 Å². The zero-order chi connectivity index (χ0) is 36.7. The summed E-state index contributed by atoms with van der Waals surface area (Å²) in [5, 5.41) is 10.2. The monoisotopic (exact) mass is 698 g/mol. The molecule has 1 aliphatic rings. The lowest BCUT2D eigenvalue weighted by atomic mass is 9.80. The Morgan fingerprint density at radius 2 is 0.782 bits per heavy atom. The van der Waals surface area contributed by atoms with Gasteiger partial charge in [0.2, 0.25) is 0 Å². The minimum absolute atomic E-state index is 0.0732. The first kappa shape index (κ1) is 31.7. The summed E-state index contributed by atoms with van der Waals surface area (Å²) in [7, 11) is 0. The lowest BCUT2D eigenvalue weighted by Crippen LogP contribution is -2.15. The molecule has 10 aromatic rings. The van der Waals surface area contributed by atoms with Crippen LogP contribution in [0.2, 0.25) is 0 Å². The molecular weight excluding hydrogens is 661 g/mol. The normalized spacial score (nSPS) is 13.1. The average Bonchev–Trinajstić information content (AvgIpc) is 3.48. The van der Waals surface area contributed by atoms with Gasteiger partial charge in [0.1, 0.15) is 0 Å². The fourth-order valence-corrected chi connectivity index (χ4v) is 9.65. The second kappa shape index (κ2) is 12.1. The highest BCUT2D eigenvalue weighted by atomic mass is 14.4. The van der Waals surface area contributed by atoms with Crippen molar-refractivity contribution in [1.29, 1.82) is 0 Å². The van der Waals surface area contributed by atoms with Crippen LogP contribution in [0, 0.1) is 0 Å². The first-order valence-electron chi connectivity index (χ1n) is 19.4. The molecule has 0 fully saturated rings. The van der Waals surface area contributed by atoms with Gasteiger partial charge in [-0.1, -0.05) is 190 Å². The summed E-state index contributed by atoms with van der Waals surface area (Å²) in [6, 6.07) is 72.1. The van der Waals surface area contributed by atoms with E-state index in [4.69, 9.17) is 0 Å². The summed E-state index contributed by atoms with van der Waals surface area (Å²) in [5.41, 5.74) is 15.5. The number of fused-ring (bicyclic) bond motifs is 8. The van der Waals surface area contributed by atoms with Gasteiger partial charge in [0.05, 0.1) is 0 Å². The smallest absolute Gasteiger partial charge is 0.0159 e. The van der Waals surface area contributed by atoms with Gasteiger partial charge in [0.15, 0.2) is 0 Å². The molecule has 55 heavy (non-hydrogen) atoms. The van der Waals surface area contributed by atoms with Gasteiger partial charge in [-0.05, 0) is 128 Å². The third-order valence-corrected chi connectivity index (χ3v) is 12.2. The van der Waals surface area contributed by atoms with Gasteiger partial charge < -0.3 is 0 Å². The van der Waals surface area contributed by atoms with Gasteiger partial charge in [0, 0.05) is 5.41 Å². The highest BCUT2D eigenvalue weighted by Crippen LogP contribution is 2.53. The molecule has 0 aliphatic heterocycles. The van der Waals surface area contributed by atoms with Crippen molar-refractivity contribution in [3.8, 4) is 55.6 Å². The van der Waals surface area contributed by atoms with Gasteiger partial charge in [-0.2, -0.15) is 0 Å². The molecule has 0 nitrogen and oxygen atoms in total. The van der Waals surface area contributed by atoms with E-state index in [1.165, 1.54) is 110 Å². The van der Waals surface area contributed by atoms with Crippen molar-refractivity contribution < 1.29 is 0 Å². The number of benzene rings is 10. The molecule has 0 atom stereocenters. The van der Waals surface area contributed by atoms with Crippen molar-refractivity contribution in [3.63, 3.8) is 0 Å². The molecule has 0 amide bonds. The van der Waals surface area contributed by atoms with Crippen LogP contribution in [0.5, 0.6) is 0 Å².